The van der Waals surface area contributed by atoms with Gasteiger partial charge in [0.15, 0.2) is 0 Å². The summed E-state index contributed by atoms with van der Waals surface area (Å²) in [6.45, 7) is 1.48. The van der Waals surface area contributed by atoms with Crippen molar-refractivity contribution in [2.24, 2.45) is 0 Å². The molecule has 68 valence electrons. The van der Waals surface area contributed by atoms with Crippen molar-refractivity contribution in [3.63, 3.8) is 0 Å². The van der Waals surface area contributed by atoms with Crippen LogP contribution in [0.15, 0.2) is 12.2 Å². The maximum Gasteiger partial charge on any atom is 0.302 e. The van der Waals surface area contributed by atoms with E-state index in [2.05, 4.69) is 12.2 Å². The lowest BCUT2D eigenvalue weighted by atomic mass is 10.0. The molecule has 0 heterocycles. The minimum Gasteiger partial charge on any atom is -0.463 e. The van der Waals surface area contributed by atoms with Gasteiger partial charge in [-0.05, 0) is 32.1 Å². The summed E-state index contributed by atoms with van der Waals surface area (Å²) in [5, 5.41) is 0. The molecule has 0 unspecified atom stereocenters. The van der Waals surface area contributed by atoms with Gasteiger partial charge in [0.25, 0.3) is 0 Å². The van der Waals surface area contributed by atoms with Crippen LogP contribution in [0.5, 0.6) is 0 Å². The lowest BCUT2D eigenvalue weighted by Gasteiger charge is -2.16. The van der Waals surface area contributed by atoms with Crippen LogP contribution in [0.4, 0.5) is 0 Å². The van der Waals surface area contributed by atoms with Gasteiger partial charge in [-0.25, -0.2) is 0 Å². The van der Waals surface area contributed by atoms with E-state index in [1.807, 2.05) is 0 Å². The number of hydrogen-bond donors (Lipinski definition) is 0. The fourth-order valence-corrected chi connectivity index (χ4v) is 1.48. The zero-order valence-corrected chi connectivity index (χ0v) is 7.58. The Morgan fingerprint density at radius 1 is 1.33 bits per heavy atom. The zero-order chi connectivity index (χ0) is 8.81. The molecule has 1 aliphatic rings. The normalized spacial score (nSPS) is 26.9. The van der Waals surface area contributed by atoms with Crippen LogP contribution >= 0.6 is 0 Å². The number of carbonyl (C=O) groups excluding carboxylic acids is 1. The molecule has 0 radical (unpaired) electrons. The third kappa shape index (κ3) is 3.56. The standard InChI is InChI=1S/C10H16O2/c1-9(11)12-10-7-5-3-2-4-6-8-10/h2-3,10H,4-8H2,1H3/b3-2-/t10-/m1/s1. The molecule has 0 saturated carbocycles. The number of rotatable bonds is 1. The van der Waals surface area contributed by atoms with Crippen molar-refractivity contribution in [1.29, 1.82) is 0 Å². The molecule has 0 amide bonds. The van der Waals surface area contributed by atoms with Crippen LogP contribution in [0.3, 0.4) is 0 Å². The van der Waals surface area contributed by atoms with E-state index in [0.29, 0.717) is 0 Å². The summed E-state index contributed by atoms with van der Waals surface area (Å²) in [5.41, 5.74) is 0. The minimum atomic E-state index is -0.149. The molecular formula is C10H16O2. The van der Waals surface area contributed by atoms with E-state index in [4.69, 9.17) is 4.74 Å². The minimum absolute atomic E-state index is 0.149. The van der Waals surface area contributed by atoms with Gasteiger partial charge in [0, 0.05) is 6.92 Å². The summed E-state index contributed by atoms with van der Waals surface area (Å²) in [6, 6.07) is 0. The smallest absolute Gasteiger partial charge is 0.302 e. The Morgan fingerprint density at radius 2 is 2.08 bits per heavy atom. The first-order chi connectivity index (χ1) is 5.79. The third-order valence-electron chi connectivity index (χ3n) is 2.05. The number of hydrogen-bond acceptors (Lipinski definition) is 2. The largest absolute Gasteiger partial charge is 0.463 e. The van der Waals surface area contributed by atoms with Crippen molar-refractivity contribution in [2.75, 3.05) is 0 Å². The predicted octanol–water partition coefficient (Wildman–Crippen LogP) is 2.44. The van der Waals surface area contributed by atoms with Crippen LogP contribution in [-0.2, 0) is 9.53 Å². The molecule has 0 spiro atoms. The van der Waals surface area contributed by atoms with Gasteiger partial charge in [-0.1, -0.05) is 12.2 Å². The first-order valence-electron chi connectivity index (χ1n) is 4.61. The lowest BCUT2D eigenvalue weighted by molar-refractivity contribution is -0.147. The van der Waals surface area contributed by atoms with E-state index >= 15 is 0 Å². The van der Waals surface area contributed by atoms with Gasteiger partial charge >= 0.3 is 5.97 Å². The Morgan fingerprint density at radius 3 is 2.83 bits per heavy atom. The highest BCUT2D eigenvalue weighted by molar-refractivity contribution is 5.66. The Kier molecular flexibility index (Phi) is 3.85. The second-order valence-electron chi connectivity index (χ2n) is 3.21. The maximum atomic E-state index is 10.7. The zero-order valence-electron chi connectivity index (χ0n) is 7.58. The quantitative estimate of drug-likeness (QED) is 0.444. The number of allylic oxidation sites excluding steroid dienone is 2. The van der Waals surface area contributed by atoms with Crippen molar-refractivity contribution in [1.82, 2.24) is 0 Å². The van der Waals surface area contributed by atoms with Crippen molar-refractivity contribution in [2.45, 2.75) is 45.1 Å². The molecule has 1 aliphatic carbocycles. The molecule has 0 aromatic heterocycles. The van der Waals surface area contributed by atoms with Crippen molar-refractivity contribution >= 4 is 5.97 Å². The molecule has 0 N–H and O–H groups in total. The van der Waals surface area contributed by atoms with Gasteiger partial charge in [0.05, 0.1) is 0 Å². The monoisotopic (exact) mass is 168 g/mol. The molecule has 2 heteroatoms. The van der Waals surface area contributed by atoms with Crippen LogP contribution in [0, 0.1) is 0 Å². The van der Waals surface area contributed by atoms with Crippen LogP contribution in [0.25, 0.3) is 0 Å². The average Bonchev–Trinajstić information content (AvgIpc) is 1.93. The Hall–Kier alpha value is -0.790. The van der Waals surface area contributed by atoms with Gasteiger partial charge in [-0.15, -0.1) is 0 Å². The average molecular weight is 168 g/mol. The van der Waals surface area contributed by atoms with E-state index in [0.717, 1.165) is 32.1 Å². The Balaban J connectivity index is 2.32. The molecule has 12 heavy (non-hydrogen) atoms. The SMILES string of the molecule is CC(=O)O[C@@H]1CC/C=C\CCC1. The summed E-state index contributed by atoms with van der Waals surface area (Å²) in [7, 11) is 0. The molecule has 0 aliphatic heterocycles. The first kappa shape index (κ1) is 9.30. The Labute approximate surface area is 73.6 Å². The summed E-state index contributed by atoms with van der Waals surface area (Å²) >= 11 is 0. The molecule has 0 aromatic carbocycles. The van der Waals surface area contributed by atoms with Crippen LogP contribution in [-0.4, -0.2) is 12.1 Å². The molecule has 0 saturated heterocycles. The van der Waals surface area contributed by atoms with Crippen LogP contribution in [0.1, 0.15) is 39.0 Å². The molecule has 0 aromatic rings. The van der Waals surface area contributed by atoms with E-state index < -0.39 is 0 Å². The van der Waals surface area contributed by atoms with Gasteiger partial charge in [0.1, 0.15) is 6.10 Å². The highest BCUT2D eigenvalue weighted by atomic mass is 16.5. The number of carbonyl (C=O) groups is 1. The summed E-state index contributed by atoms with van der Waals surface area (Å²) < 4.78 is 5.15. The fourth-order valence-electron chi connectivity index (χ4n) is 1.48. The predicted molar refractivity (Wildman–Crippen MR) is 47.8 cm³/mol. The Bertz CT molecular complexity index is 173. The summed E-state index contributed by atoms with van der Waals surface area (Å²) in [6.07, 6.45) is 9.84. The highest BCUT2D eigenvalue weighted by Crippen LogP contribution is 2.15. The lowest BCUT2D eigenvalue weighted by Crippen LogP contribution is -2.16. The fraction of sp³-hybridized carbons (Fsp3) is 0.700. The van der Waals surface area contributed by atoms with Crippen LogP contribution < -0.4 is 0 Å². The van der Waals surface area contributed by atoms with E-state index in [1.165, 1.54) is 6.92 Å². The van der Waals surface area contributed by atoms with E-state index in [9.17, 15) is 4.79 Å². The molecule has 1 atom stereocenters. The molecule has 0 bridgehead atoms. The van der Waals surface area contributed by atoms with Gasteiger partial charge in [-0.2, -0.15) is 0 Å². The summed E-state index contributed by atoms with van der Waals surface area (Å²) in [5.74, 6) is -0.149. The maximum absolute atomic E-state index is 10.7. The number of ether oxygens (including phenoxy) is 1. The first-order valence-corrected chi connectivity index (χ1v) is 4.61. The second-order valence-corrected chi connectivity index (χ2v) is 3.21. The topological polar surface area (TPSA) is 26.3 Å². The molecular weight excluding hydrogens is 152 g/mol. The van der Waals surface area contributed by atoms with Crippen molar-refractivity contribution in [3.8, 4) is 0 Å². The molecule has 1 rings (SSSR count). The van der Waals surface area contributed by atoms with Gasteiger partial charge < -0.3 is 4.74 Å². The highest BCUT2D eigenvalue weighted by Gasteiger charge is 2.11. The molecule has 0 fully saturated rings. The van der Waals surface area contributed by atoms with Crippen LogP contribution in [0.2, 0.25) is 0 Å². The van der Waals surface area contributed by atoms with Crippen molar-refractivity contribution < 1.29 is 9.53 Å². The van der Waals surface area contributed by atoms with Gasteiger partial charge in [0.2, 0.25) is 0 Å². The molecule has 2 nitrogen and oxygen atoms in total. The second kappa shape index (κ2) is 4.96. The summed E-state index contributed by atoms with van der Waals surface area (Å²) in [4.78, 5) is 10.7. The van der Waals surface area contributed by atoms with E-state index in [-0.39, 0.29) is 12.1 Å². The van der Waals surface area contributed by atoms with Gasteiger partial charge in [-0.3, -0.25) is 4.79 Å². The van der Waals surface area contributed by atoms with E-state index in [1.54, 1.807) is 0 Å². The van der Waals surface area contributed by atoms with Crippen molar-refractivity contribution in [3.05, 3.63) is 12.2 Å². The number of esters is 1. The third-order valence-corrected chi connectivity index (χ3v) is 2.05.